The van der Waals surface area contributed by atoms with Gasteiger partial charge in [0.1, 0.15) is 0 Å². The lowest BCUT2D eigenvalue weighted by atomic mass is 10.1. The molecule has 0 aromatic heterocycles. The van der Waals surface area contributed by atoms with Crippen LogP contribution in [0.4, 0.5) is 4.39 Å². The van der Waals surface area contributed by atoms with E-state index in [2.05, 4.69) is 0 Å². The van der Waals surface area contributed by atoms with Crippen molar-refractivity contribution in [3.63, 3.8) is 0 Å². The highest BCUT2D eigenvalue weighted by Crippen LogP contribution is 2.22. The lowest BCUT2D eigenvalue weighted by molar-refractivity contribution is 0.0655. The lowest BCUT2D eigenvalue weighted by Crippen LogP contribution is -2.03. The first kappa shape index (κ1) is 11.7. The van der Waals surface area contributed by atoms with Crippen LogP contribution in [0.5, 0.6) is 5.75 Å². The number of hydrogen-bond donors (Lipinski definition) is 1. The highest BCUT2D eigenvalue weighted by molar-refractivity contribution is 5.79. The molecule has 0 saturated carbocycles. The minimum absolute atomic E-state index is 0.0292. The van der Waals surface area contributed by atoms with Gasteiger partial charge in [-0.15, -0.1) is 0 Å². The molecule has 0 spiro atoms. The summed E-state index contributed by atoms with van der Waals surface area (Å²) in [6.45, 7) is 3.94. The Labute approximate surface area is 87.5 Å². The second kappa shape index (κ2) is 4.89. The Morgan fingerprint density at radius 2 is 2.20 bits per heavy atom. The van der Waals surface area contributed by atoms with Crippen molar-refractivity contribution in [1.29, 1.82) is 0 Å². The van der Waals surface area contributed by atoms with Gasteiger partial charge in [0.15, 0.2) is 17.9 Å². The van der Waals surface area contributed by atoms with Crippen molar-refractivity contribution in [1.82, 2.24) is 0 Å². The monoisotopic (exact) mass is 212 g/mol. The molecule has 0 atom stereocenters. The largest absolute Gasteiger partial charge is 0.504 e. The lowest BCUT2D eigenvalue weighted by Gasteiger charge is -2.08. The van der Waals surface area contributed by atoms with E-state index >= 15 is 0 Å². The second-order valence-corrected chi connectivity index (χ2v) is 3.49. The molecule has 0 bridgehead atoms. The van der Waals surface area contributed by atoms with Crippen LogP contribution in [0.2, 0.25) is 0 Å². The molecule has 0 unspecified atom stereocenters. The van der Waals surface area contributed by atoms with Crippen LogP contribution in [0, 0.1) is 5.82 Å². The van der Waals surface area contributed by atoms with Gasteiger partial charge >= 0.3 is 0 Å². The molecule has 3 nitrogen and oxygen atoms in total. The smallest absolute Gasteiger partial charge is 0.165 e. The number of ether oxygens (including phenoxy) is 1. The highest BCUT2D eigenvalue weighted by Gasteiger charge is 2.09. The molecule has 0 radical (unpaired) electrons. The van der Waals surface area contributed by atoms with Crippen LogP contribution in [0.3, 0.4) is 0 Å². The van der Waals surface area contributed by atoms with Crippen LogP contribution in [0.1, 0.15) is 29.8 Å². The molecule has 15 heavy (non-hydrogen) atoms. The van der Waals surface area contributed by atoms with Gasteiger partial charge < -0.3 is 9.84 Å². The Bertz CT molecular complexity index is 361. The summed E-state index contributed by atoms with van der Waals surface area (Å²) in [6.07, 6.45) is 0.443. The average Bonchev–Trinajstić information content (AvgIpc) is 2.19. The van der Waals surface area contributed by atoms with Crippen molar-refractivity contribution in [2.24, 2.45) is 0 Å². The standard InChI is InChI=1S/C11H13FO3/c1-7(2)15-6-8-3-9(5-13)11(14)10(12)4-8/h3-5,7,14H,6H2,1-2H3. The van der Waals surface area contributed by atoms with Crippen LogP contribution in [0.15, 0.2) is 12.1 Å². The van der Waals surface area contributed by atoms with E-state index in [0.29, 0.717) is 11.8 Å². The van der Waals surface area contributed by atoms with Gasteiger partial charge in [0.2, 0.25) is 0 Å². The minimum atomic E-state index is -0.804. The summed E-state index contributed by atoms with van der Waals surface area (Å²) in [5.41, 5.74) is 0.471. The van der Waals surface area contributed by atoms with Gasteiger partial charge in [-0.05, 0) is 31.5 Å². The summed E-state index contributed by atoms with van der Waals surface area (Å²) >= 11 is 0. The van der Waals surface area contributed by atoms with E-state index < -0.39 is 11.6 Å². The van der Waals surface area contributed by atoms with Gasteiger partial charge in [0.05, 0.1) is 18.3 Å². The van der Waals surface area contributed by atoms with Crippen LogP contribution in [0.25, 0.3) is 0 Å². The number of phenolic OH excluding ortho intramolecular Hbond substituents is 1. The molecule has 4 heteroatoms. The number of phenols is 1. The van der Waals surface area contributed by atoms with Crippen molar-refractivity contribution in [2.75, 3.05) is 0 Å². The summed E-state index contributed by atoms with van der Waals surface area (Å²) < 4.78 is 18.3. The zero-order chi connectivity index (χ0) is 11.4. The van der Waals surface area contributed by atoms with E-state index in [1.807, 2.05) is 13.8 Å². The highest BCUT2D eigenvalue weighted by atomic mass is 19.1. The van der Waals surface area contributed by atoms with Crippen molar-refractivity contribution in [2.45, 2.75) is 26.6 Å². The summed E-state index contributed by atoms with van der Waals surface area (Å²) in [5.74, 6) is -1.42. The molecule has 0 aliphatic rings. The Morgan fingerprint density at radius 1 is 1.53 bits per heavy atom. The number of carbonyl (C=O) groups is 1. The third kappa shape index (κ3) is 3.02. The molecule has 0 amide bonds. The van der Waals surface area contributed by atoms with Crippen LogP contribution < -0.4 is 0 Å². The predicted octanol–water partition coefficient (Wildman–Crippen LogP) is 2.27. The normalized spacial score (nSPS) is 10.7. The van der Waals surface area contributed by atoms with E-state index in [1.54, 1.807) is 0 Å². The zero-order valence-electron chi connectivity index (χ0n) is 8.66. The number of rotatable bonds is 4. The number of hydrogen-bond acceptors (Lipinski definition) is 3. The van der Waals surface area contributed by atoms with Gasteiger partial charge in [0.25, 0.3) is 0 Å². The molecule has 1 rings (SSSR count). The molecule has 1 aromatic carbocycles. The predicted molar refractivity (Wildman–Crippen MR) is 53.4 cm³/mol. The van der Waals surface area contributed by atoms with Gasteiger partial charge in [-0.1, -0.05) is 0 Å². The van der Waals surface area contributed by atoms with E-state index in [9.17, 15) is 9.18 Å². The zero-order valence-corrected chi connectivity index (χ0v) is 8.66. The topological polar surface area (TPSA) is 46.5 Å². The fourth-order valence-electron chi connectivity index (χ4n) is 1.11. The van der Waals surface area contributed by atoms with E-state index in [-0.39, 0.29) is 18.3 Å². The quantitative estimate of drug-likeness (QED) is 0.779. The maximum atomic E-state index is 13.1. The fraction of sp³-hybridized carbons (Fsp3) is 0.364. The number of halogens is 1. The number of benzene rings is 1. The Morgan fingerprint density at radius 3 is 2.73 bits per heavy atom. The molecule has 1 aromatic rings. The molecule has 82 valence electrons. The average molecular weight is 212 g/mol. The molecular weight excluding hydrogens is 199 g/mol. The Balaban J connectivity index is 2.90. The summed E-state index contributed by atoms with van der Waals surface area (Å²) in [6, 6.07) is 2.57. The number of carbonyl (C=O) groups excluding carboxylic acids is 1. The van der Waals surface area contributed by atoms with Crippen LogP contribution >= 0.6 is 0 Å². The minimum Gasteiger partial charge on any atom is -0.504 e. The molecule has 0 aliphatic carbocycles. The molecular formula is C11H13FO3. The van der Waals surface area contributed by atoms with E-state index in [1.165, 1.54) is 6.07 Å². The number of aromatic hydroxyl groups is 1. The summed E-state index contributed by atoms with van der Waals surface area (Å²) in [4.78, 5) is 10.5. The number of aldehydes is 1. The van der Waals surface area contributed by atoms with Gasteiger partial charge in [-0.3, -0.25) is 4.79 Å². The second-order valence-electron chi connectivity index (χ2n) is 3.49. The van der Waals surface area contributed by atoms with E-state index in [0.717, 1.165) is 6.07 Å². The van der Waals surface area contributed by atoms with Crippen LogP contribution in [-0.2, 0) is 11.3 Å². The molecule has 0 saturated heterocycles. The first-order valence-corrected chi connectivity index (χ1v) is 4.62. The molecule has 1 N–H and O–H groups in total. The van der Waals surface area contributed by atoms with Crippen LogP contribution in [-0.4, -0.2) is 17.5 Å². The fourth-order valence-corrected chi connectivity index (χ4v) is 1.11. The molecule has 0 fully saturated rings. The Hall–Kier alpha value is -1.42. The van der Waals surface area contributed by atoms with Crippen molar-refractivity contribution >= 4 is 6.29 Å². The first-order valence-electron chi connectivity index (χ1n) is 4.62. The SMILES string of the molecule is CC(C)OCc1cc(F)c(O)c(C=O)c1. The van der Waals surface area contributed by atoms with Crippen molar-refractivity contribution in [3.8, 4) is 5.75 Å². The van der Waals surface area contributed by atoms with Crippen molar-refractivity contribution < 1.29 is 19.0 Å². The first-order chi connectivity index (χ1) is 7.04. The van der Waals surface area contributed by atoms with Gasteiger partial charge in [-0.2, -0.15) is 0 Å². The summed E-state index contributed by atoms with van der Waals surface area (Å²) in [5, 5.41) is 9.15. The maximum absolute atomic E-state index is 13.1. The van der Waals surface area contributed by atoms with Crippen molar-refractivity contribution in [3.05, 3.63) is 29.1 Å². The summed E-state index contributed by atoms with van der Waals surface area (Å²) in [7, 11) is 0. The third-order valence-electron chi connectivity index (χ3n) is 1.86. The molecule has 0 heterocycles. The van der Waals surface area contributed by atoms with Gasteiger partial charge in [-0.25, -0.2) is 4.39 Å². The van der Waals surface area contributed by atoms with E-state index in [4.69, 9.17) is 9.84 Å². The third-order valence-corrected chi connectivity index (χ3v) is 1.86. The Kier molecular flexibility index (Phi) is 3.80. The van der Waals surface area contributed by atoms with Gasteiger partial charge in [0, 0.05) is 0 Å². The molecule has 0 aliphatic heterocycles. The maximum Gasteiger partial charge on any atom is 0.165 e.